The van der Waals surface area contributed by atoms with Crippen LogP contribution in [0.4, 0.5) is 0 Å². The molecular weight excluding hydrogens is 803 g/mol. The fourth-order valence-corrected chi connectivity index (χ4v) is 5.15. The van der Waals surface area contributed by atoms with E-state index in [0.29, 0.717) is 12.0 Å². The number of phenols is 1. The molecule has 0 spiro atoms. The van der Waals surface area contributed by atoms with Crippen LogP contribution in [-0.4, -0.2) is 83.8 Å². The summed E-state index contributed by atoms with van der Waals surface area (Å²) in [6.07, 6.45) is 0.569. The Labute approximate surface area is 299 Å². The van der Waals surface area contributed by atoms with Crippen LogP contribution in [0.3, 0.4) is 0 Å². The quantitative estimate of drug-likeness (QED) is 0.0709. The second-order valence-electron chi connectivity index (χ2n) is 11.2. The van der Waals surface area contributed by atoms with Gasteiger partial charge in [-0.1, -0.05) is 54.6 Å². The standard InChI is InChI=1S/C33H39N8O6.CH3.Re/c1-41-19-29(44)38-25(7-4-14-36-33(34)35)31(46)40-26(17-21-8-11-22-5-2-3-6-23(22)15-21)30(45)37-18-28(43)39-27(32(41)47)16-20-9-12-24(42)13-10-20;;/h2-3,5-6,8-13,15,19,25-27,42H,4,7,14,16-18H2,1H3,(H,37,45)(H,38,44)(H,39,43)(H,40,46)(H4,34,35,36);1H3;/q2*-1;. The van der Waals surface area contributed by atoms with Gasteiger partial charge in [-0.3, -0.25) is 24.2 Å². The molecule has 9 N–H and O–H groups in total. The first-order valence-electron chi connectivity index (χ1n) is 15.1. The van der Waals surface area contributed by atoms with Crippen LogP contribution in [0, 0.1) is 14.0 Å². The number of fused-ring (bicyclic) bond motifs is 1. The Morgan fingerprint density at radius 1 is 0.857 bits per heavy atom. The van der Waals surface area contributed by atoms with Crippen molar-refractivity contribution in [2.24, 2.45) is 16.5 Å². The number of carbonyl (C=O) groups excluding carboxylic acids is 5. The Balaban J connectivity index is 0.00000417. The van der Waals surface area contributed by atoms with Gasteiger partial charge in [-0.05, 0) is 53.9 Å². The van der Waals surface area contributed by atoms with Gasteiger partial charge in [0.1, 0.15) is 29.8 Å². The third-order valence-corrected chi connectivity index (χ3v) is 7.56. The number of benzene rings is 3. The maximum Gasteiger partial charge on any atom is 0.243 e. The number of carbonyl (C=O) groups is 5. The molecule has 14 nitrogen and oxygen atoms in total. The Morgan fingerprint density at radius 3 is 2.20 bits per heavy atom. The molecule has 1 heterocycles. The molecule has 4 rings (SSSR count). The number of aromatic hydroxyl groups is 1. The molecule has 0 aromatic heterocycles. The van der Waals surface area contributed by atoms with Crippen molar-refractivity contribution in [3.63, 3.8) is 0 Å². The van der Waals surface area contributed by atoms with E-state index < -0.39 is 54.2 Å². The van der Waals surface area contributed by atoms with Gasteiger partial charge in [0, 0.05) is 39.8 Å². The van der Waals surface area contributed by atoms with Crippen LogP contribution < -0.4 is 32.7 Å². The summed E-state index contributed by atoms with van der Waals surface area (Å²) in [7, 11) is 1.35. The molecule has 1 aliphatic heterocycles. The number of aliphatic imine (C=N–C) groups is 1. The van der Waals surface area contributed by atoms with Gasteiger partial charge in [0.15, 0.2) is 5.96 Å². The Bertz CT molecular complexity index is 1650. The Morgan fingerprint density at radius 2 is 1.51 bits per heavy atom. The zero-order chi connectivity index (χ0) is 33.9. The van der Waals surface area contributed by atoms with E-state index in [1.54, 1.807) is 12.1 Å². The van der Waals surface area contributed by atoms with Crippen LogP contribution in [-0.2, 0) is 57.2 Å². The smallest absolute Gasteiger partial charge is 0.243 e. The van der Waals surface area contributed by atoms with Crippen LogP contribution in [0.1, 0.15) is 24.0 Å². The molecule has 5 amide bonds. The second-order valence-corrected chi connectivity index (χ2v) is 11.2. The van der Waals surface area contributed by atoms with Crippen molar-refractivity contribution in [1.29, 1.82) is 0 Å². The van der Waals surface area contributed by atoms with E-state index in [4.69, 9.17) is 11.5 Å². The molecular formula is C34H42N8O6Re-2. The second kappa shape index (κ2) is 19.0. The molecule has 1 radical (unpaired) electrons. The molecule has 15 heteroatoms. The summed E-state index contributed by atoms with van der Waals surface area (Å²) in [6, 6.07) is 16.1. The summed E-state index contributed by atoms with van der Waals surface area (Å²) >= 11 is 0. The number of phenolic OH excluding ortho intramolecular Hbond substituents is 1. The Kier molecular flexibility index (Phi) is 15.5. The van der Waals surface area contributed by atoms with Crippen molar-refractivity contribution < 1.29 is 49.5 Å². The van der Waals surface area contributed by atoms with Crippen molar-refractivity contribution in [1.82, 2.24) is 26.2 Å². The summed E-state index contributed by atoms with van der Waals surface area (Å²) in [6.45, 7) is 0.705. The van der Waals surface area contributed by atoms with E-state index in [-0.39, 0.29) is 65.4 Å². The third-order valence-electron chi connectivity index (χ3n) is 7.56. The fourth-order valence-electron chi connectivity index (χ4n) is 5.15. The number of nitrogens with zero attached hydrogens (tertiary/aromatic N) is 2. The Hall–Kier alpha value is -5.13. The van der Waals surface area contributed by atoms with E-state index in [9.17, 15) is 29.1 Å². The number of hydrogen-bond donors (Lipinski definition) is 7. The first-order chi connectivity index (χ1) is 22.5. The van der Waals surface area contributed by atoms with Gasteiger partial charge in [0.2, 0.25) is 23.6 Å². The van der Waals surface area contributed by atoms with Crippen molar-refractivity contribution in [3.05, 3.63) is 91.8 Å². The van der Waals surface area contributed by atoms with Crippen molar-refractivity contribution in [3.8, 4) is 5.75 Å². The maximum atomic E-state index is 13.6. The number of hydrogen-bond acceptors (Lipinski definition) is 7. The number of guanidine groups is 1. The predicted molar refractivity (Wildman–Crippen MR) is 182 cm³/mol. The van der Waals surface area contributed by atoms with Crippen LogP contribution >= 0.6 is 0 Å². The molecule has 3 unspecified atom stereocenters. The van der Waals surface area contributed by atoms with E-state index in [1.807, 2.05) is 42.5 Å². The number of amides is 5. The number of nitrogens with one attached hydrogen (secondary N) is 4. The molecule has 0 bridgehead atoms. The van der Waals surface area contributed by atoms with Crippen molar-refractivity contribution in [2.75, 3.05) is 20.1 Å². The predicted octanol–water partition coefficient (Wildman–Crippen LogP) is 0.0364. The van der Waals surface area contributed by atoms with Crippen LogP contribution in [0.15, 0.2) is 71.7 Å². The summed E-state index contributed by atoms with van der Waals surface area (Å²) in [4.78, 5) is 71.6. The number of likely N-dealkylation sites (N-methyl/N-ethyl adjacent to an activating group) is 1. The average Bonchev–Trinajstić information content (AvgIpc) is 3.04. The number of rotatable bonds is 8. The van der Waals surface area contributed by atoms with Gasteiger partial charge in [-0.15, -0.1) is 0 Å². The molecule has 0 aliphatic carbocycles. The van der Waals surface area contributed by atoms with Gasteiger partial charge < -0.3 is 55.0 Å². The van der Waals surface area contributed by atoms with Crippen LogP contribution in [0.5, 0.6) is 5.75 Å². The average molecular weight is 845 g/mol. The summed E-state index contributed by atoms with van der Waals surface area (Å²) < 4.78 is 0. The first kappa shape index (κ1) is 40.0. The molecule has 49 heavy (non-hydrogen) atoms. The molecule has 1 saturated heterocycles. The van der Waals surface area contributed by atoms with Gasteiger partial charge in [0.25, 0.3) is 0 Å². The molecule has 0 saturated carbocycles. The zero-order valence-corrected chi connectivity index (χ0v) is 30.0. The summed E-state index contributed by atoms with van der Waals surface area (Å²) in [5, 5.41) is 22.2. The van der Waals surface area contributed by atoms with Gasteiger partial charge >= 0.3 is 0 Å². The van der Waals surface area contributed by atoms with E-state index >= 15 is 0 Å². The van der Waals surface area contributed by atoms with Gasteiger partial charge in [-0.25, -0.2) is 6.54 Å². The van der Waals surface area contributed by atoms with Crippen molar-refractivity contribution in [2.45, 2.75) is 43.8 Å². The summed E-state index contributed by atoms with van der Waals surface area (Å²) in [5.41, 5.74) is 12.2. The van der Waals surface area contributed by atoms with E-state index in [1.165, 1.54) is 19.2 Å². The number of nitrogens with two attached hydrogens (primary N) is 2. The minimum atomic E-state index is -1.12. The molecule has 3 atom stereocenters. The molecule has 3 aromatic carbocycles. The fraction of sp³-hybridized carbons (Fsp3) is 0.294. The first-order valence-corrected chi connectivity index (χ1v) is 15.1. The van der Waals surface area contributed by atoms with Crippen molar-refractivity contribution >= 4 is 46.3 Å². The molecule has 3 aromatic rings. The zero-order valence-electron chi connectivity index (χ0n) is 27.3. The minimum Gasteiger partial charge on any atom is -0.508 e. The molecule has 263 valence electrons. The normalized spacial score (nSPS) is 18.9. The van der Waals surface area contributed by atoms with Crippen LogP contribution in [0.2, 0.25) is 0 Å². The monoisotopic (exact) mass is 845 g/mol. The minimum absolute atomic E-state index is 0. The molecule has 1 aliphatic rings. The summed E-state index contributed by atoms with van der Waals surface area (Å²) in [5.74, 6) is -3.38. The maximum absolute atomic E-state index is 13.6. The van der Waals surface area contributed by atoms with E-state index in [2.05, 4.69) is 26.3 Å². The van der Waals surface area contributed by atoms with Gasteiger partial charge in [0.05, 0.1) is 6.54 Å². The van der Waals surface area contributed by atoms with E-state index in [0.717, 1.165) is 27.8 Å². The van der Waals surface area contributed by atoms with Crippen LogP contribution in [0.25, 0.3) is 10.8 Å². The van der Waals surface area contributed by atoms with Gasteiger partial charge in [-0.2, -0.15) is 0 Å². The SMILES string of the molecule is CN1[CH-]C(=O)NC(CCCN=C(N)N)C(=O)NC(Cc2ccc3ccccc3c2)C(=O)NCC(=O)NC(Cc2ccc(O)cc2)C1=O.[CH3-].[Re]. The topological polar surface area (TPSA) is 221 Å². The largest absolute Gasteiger partial charge is 0.508 e. The molecule has 1 fully saturated rings. The third kappa shape index (κ3) is 12.1.